The van der Waals surface area contributed by atoms with Gasteiger partial charge in [-0.2, -0.15) is 0 Å². The minimum atomic E-state index is -0.412. The Morgan fingerprint density at radius 2 is 2.11 bits per heavy atom. The van der Waals surface area contributed by atoms with Crippen molar-refractivity contribution < 1.29 is 14.3 Å². The number of carbonyl (C=O) groups excluding carboxylic acids is 1. The van der Waals surface area contributed by atoms with E-state index >= 15 is 0 Å². The van der Waals surface area contributed by atoms with Crippen LogP contribution in [0.25, 0.3) is 11.1 Å². The van der Waals surface area contributed by atoms with Crippen LogP contribution in [0.1, 0.15) is 36.4 Å². The van der Waals surface area contributed by atoms with Crippen LogP contribution in [-0.2, 0) is 9.53 Å². The molecule has 2 aromatic carbocycles. The number of nitrogens with two attached hydrogens (primary N) is 1. The monoisotopic (exact) mass is 431 g/mol. The molecule has 1 atom stereocenters. The van der Waals surface area contributed by atoms with Crippen LogP contribution in [0.15, 0.2) is 53.5 Å². The van der Waals surface area contributed by atoms with Crippen LogP contribution in [0.2, 0.25) is 0 Å². The van der Waals surface area contributed by atoms with Crippen LogP contribution in [-0.4, -0.2) is 19.7 Å². The summed E-state index contributed by atoms with van der Waals surface area (Å²) in [6.45, 7) is 6.42. The van der Waals surface area contributed by atoms with Crippen molar-refractivity contribution in [1.29, 1.82) is 0 Å². The number of allylic oxidation sites excluding steroid dienone is 1. The maximum atomic E-state index is 11.5. The highest BCUT2D eigenvalue weighted by molar-refractivity contribution is 9.10. The van der Waals surface area contributed by atoms with E-state index in [4.69, 9.17) is 15.2 Å². The molecule has 2 rings (SSSR count). The number of esters is 1. The topological polar surface area (TPSA) is 61.5 Å². The maximum Gasteiger partial charge on any atom is 0.307 e. The van der Waals surface area contributed by atoms with Crippen LogP contribution in [0, 0.1) is 6.92 Å². The summed E-state index contributed by atoms with van der Waals surface area (Å²) < 4.78 is 11.7. The summed E-state index contributed by atoms with van der Waals surface area (Å²) in [6, 6.07) is 11.6. The second-order valence-corrected chi connectivity index (χ2v) is 7.30. The molecule has 4 nitrogen and oxygen atoms in total. The number of hydrogen-bond donors (Lipinski definition) is 1. The lowest BCUT2D eigenvalue weighted by molar-refractivity contribution is -0.141. The number of benzene rings is 2. The number of aryl methyl sites for hydroxylation is 1. The number of ether oxygens (including phenoxy) is 2. The van der Waals surface area contributed by atoms with E-state index < -0.39 is 6.04 Å². The summed E-state index contributed by atoms with van der Waals surface area (Å²) in [5.41, 5.74) is 10.2. The van der Waals surface area contributed by atoms with Crippen molar-refractivity contribution in [2.45, 2.75) is 32.2 Å². The van der Waals surface area contributed by atoms with Crippen LogP contribution >= 0.6 is 15.9 Å². The van der Waals surface area contributed by atoms with Gasteiger partial charge in [0.05, 0.1) is 20.1 Å². The predicted molar refractivity (Wildman–Crippen MR) is 113 cm³/mol. The summed E-state index contributed by atoms with van der Waals surface area (Å²) >= 11 is 3.55. The molecule has 0 aliphatic carbocycles. The minimum absolute atomic E-state index is 0.143. The van der Waals surface area contributed by atoms with Crippen molar-refractivity contribution in [3.8, 4) is 16.9 Å². The number of hydrogen-bond acceptors (Lipinski definition) is 4. The Labute approximate surface area is 169 Å². The molecule has 0 aliphatic heterocycles. The van der Waals surface area contributed by atoms with Crippen LogP contribution < -0.4 is 10.5 Å². The number of rotatable bonds is 9. The van der Waals surface area contributed by atoms with Gasteiger partial charge in [0.25, 0.3) is 0 Å². The van der Waals surface area contributed by atoms with Gasteiger partial charge in [0.1, 0.15) is 5.75 Å². The Bertz CT molecular complexity index is 804. The number of unbranched alkanes of at least 4 members (excludes halogenated alkanes) is 1. The molecule has 0 fully saturated rings. The molecular formula is C22H26BrNO3. The SMILES string of the molecule is C=CCCCOc1cc(Br)cc(C)c1-c1cccc([C@@H](N)CC(=O)OC)c1. The van der Waals surface area contributed by atoms with Gasteiger partial charge in [-0.3, -0.25) is 4.79 Å². The first-order valence-electron chi connectivity index (χ1n) is 8.92. The zero-order valence-electron chi connectivity index (χ0n) is 15.8. The third-order valence-electron chi connectivity index (χ3n) is 4.29. The van der Waals surface area contributed by atoms with E-state index in [1.807, 2.05) is 36.4 Å². The van der Waals surface area contributed by atoms with E-state index in [0.717, 1.165) is 45.3 Å². The van der Waals surface area contributed by atoms with Crippen LogP contribution in [0.4, 0.5) is 0 Å². The first-order valence-corrected chi connectivity index (χ1v) is 9.72. The summed E-state index contributed by atoms with van der Waals surface area (Å²) in [4.78, 5) is 11.5. The second kappa shape index (κ2) is 10.3. The van der Waals surface area contributed by atoms with Gasteiger partial charge in [-0.05, 0) is 54.7 Å². The number of methoxy groups -OCH3 is 1. The molecular weight excluding hydrogens is 406 g/mol. The third kappa shape index (κ3) is 5.94. The standard InChI is InChI=1S/C22H26BrNO3/c1-4-5-6-10-27-20-13-18(23)11-15(2)22(20)17-9-7-8-16(12-17)19(24)14-21(25)26-3/h4,7-9,11-13,19H,1,5-6,10,14,24H2,2-3H3/t19-/m0/s1. The average Bonchev–Trinajstić information content (AvgIpc) is 2.64. The van der Waals surface area contributed by atoms with Crippen molar-refractivity contribution in [3.05, 3.63) is 64.7 Å². The van der Waals surface area contributed by atoms with Crippen molar-refractivity contribution in [3.63, 3.8) is 0 Å². The molecule has 0 unspecified atom stereocenters. The zero-order valence-corrected chi connectivity index (χ0v) is 17.4. The van der Waals surface area contributed by atoms with E-state index in [1.54, 1.807) is 0 Å². The molecule has 0 aromatic heterocycles. The fourth-order valence-corrected chi connectivity index (χ4v) is 3.46. The molecule has 0 heterocycles. The number of halogens is 1. The average molecular weight is 432 g/mol. The van der Waals surface area contributed by atoms with E-state index in [9.17, 15) is 4.79 Å². The molecule has 0 spiro atoms. The second-order valence-electron chi connectivity index (χ2n) is 6.39. The Balaban J connectivity index is 2.35. The van der Waals surface area contributed by atoms with Gasteiger partial charge in [0, 0.05) is 16.1 Å². The van der Waals surface area contributed by atoms with Gasteiger partial charge in [-0.25, -0.2) is 0 Å². The Morgan fingerprint density at radius 3 is 2.81 bits per heavy atom. The maximum absolute atomic E-state index is 11.5. The summed E-state index contributed by atoms with van der Waals surface area (Å²) in [5, 5.41) is 0. The normalized spacial score (nSPS) is 11.7. The molecule has 0 saturated carbocycles. The lowest BCUT2D eigenvalue weighted by Gasteiger charge is -2.17. The Morgan fingerprint density at radius 1 is 1.33 bits per heavy atom. The lowest BCUT2D eigenvalue weighted by Crippen LogP contribution is -2.16. The molecule has 144 valence electrons. The third-order valence-corrected chi connectivity index (χ3v) is 4.75. The molecule has 2 aromatic rings. The Kier molecular flexibility index (Phi) is 8.07. The van der Waals surface area contributed by atoms with Crippen molar-refractivity contribution in [1.82, 2.24) is 0 Å². The fraction of sp³-hybridized carbons (Fsp3) is 0.318. The predicted octanol–water partition coefficient (Wildman–Crippen LogP) is 5.33. The van der Waals surface area contributed by atoms with E-state index in [-0.39, 0.29) is 12.4 Å². The van der Waals surface area contributed by atoms with Crippen LogP contribution in [0.3, 0.4) is 0 Å². The van der Waals surface area contributed by atoms with E-state index in [2.05, 4.69) is 35.5 Å². The summed E-state index contributed by atoms with van der Waals surface area (Å²) in [5.74, 6) is 0.503. The molecule has 5 heteroatoms. The quantitative estimate of drug-likeness (QED) is 0.331. The van der Waals surface area contributed by atoms with E-state index in [1.165, 1.54) is 7.11 Å². The minimum Gasteiger partial charge on any atom is -0.493 e. The molecule has 0 amide bonds. The van der Waals surface area contributed by atoms with Gasteiger partial charge in [0.15, 0.2) is 0 Å². The molecule has 0 bridgehead atoms. The molecule has 0 saturated heterocycles. The summed E-state index contributed by atoms with van der Waals surface area (Å²) in [6.07, 6.45) is 3.87. The first-order chi connectivity index (χ1) is 13.0. The van der Waals surface area contributed by atoms with Crippen molar-refractivity contribution >= 4 is 21.9 Å². The molecule has 27 heavy (non-hydrogen) atoms. The highest BCUT2D eigenvalue weighted by Crippen LogP contribution is 2.37. The van der Waals surface area contributed by atoms with Gasteiger partial charge in [-0.1, -0.05) is 40.2 Å². The highest BCUT2D eigenvalue weighted by Gasteiger charge is 2.16. The smallest absolute Gasteiger partial charge is 0.307 e. The number of carbonyl (C=O) groups is 1. The molecule has 0 aliphatic rings. The highest BCUT2D eigenvalue weighted by atomic mass is 79.9. The largest absolute Gasteiger partial charge is 0.493 e. The lowest BCUT2D eigenvalue weighted by atomic mass is 9.95. The van der Waals surface area contributed by atoms with Gasteiger partial charge >= 0.3 is 5.97 Å². The molecule has 0 radical (unpaired) electrons. The zero-order chi connectivity index (χ0) is 19.8. The van der Waals surface area contributed by atoms with E-state index in [0.29, 0.717) is 6.61 Å². The van der Waals surface area contributed by atoms with Crippen molar-refractivity contribution in [2.24, 2.45) is 5.73 Å². The van der Waals surface area contributed by atoms with Gasteiger partial charge < -0.3 is 15.2 Å². The van der Waals surface area contributed by atoms with Crippen molar-refractivity contribution in [2.75, 3.05) is 13.7 Å². The fourth-order valence-electron chi connectivity index (χ4n) is 2.91. The summed E-state index contributed by atoms with van der Waals surface area (Å²) in [7, 11) is 1.37. The van der Waals surface area contributed by atoms with Gasteiger partial charge in [-0.15, -0.1) is 6.58 Å². The Hall–Kier alpha value is -2.11. The van der Waals surface area contributed by atoms with Crippen LogP contribution in [0.5, 0.6) is 5.75 Å². The van der Waals surface area contributed by atoms with Gasteiger partial charge in [0.2, 0.25) is 0 Å². The first kappa shape index (κ1) is 21.2. The molecule has 2 N–H and O–H groups in total.